The van der Waals surface area contributed by atoms with Crippen LogP contribution in [0.25, 0.3) is 5.82 Å². The highest BCUT2D eigenvalue weighted by atomic mass is 32.2. The smallest absolute Gasteiger partial charge is 0.408 e. The van der Waals surface area contributed by atoms with Crippen molar-refractivity contribution in [3.05, 3.63) is 48.8 Å². The number of nitrogens with one attached hydrogen (secondary N) is 4. The minimum absolute atomic E-state index is 0.0450. The Bertz CT molecular complexity index is 2120. The molecular weight excluding hydrogens is 776 g/mol. The Kier molecular flexibility index (Phi) is 11.3. The van der Waals surface area contributed by atoms with E-state index in [1.165, 1.54) is 52.6 Å². The number of halogens is 1. The van der Waals surface area contributed by atoms with Crippen LogP contribution in [0.3, 0.4) is 0 Å². The van der Waals surface area contributed by atoms with Crippen LogP contribution in [0.4, 0.5) is 20.8 Å². The summed E-state index contributed by atoms with van der Waals surface area (Å²) in [6.45, 7) is 7.06. The molecule has 4 fully saturated rings. The monoisotopic (exact) mass is 824 g/mol. The molecule has 18 nitrogen and oxygen atoms in total. The van der Waals surface area contributed by atoms with Crippen molar-refractivity contribution in [1.82, 2.24) is 45.0 Å². The number of carbonyl (C=O) groups is 4. The fourth-order valence-corrected chi connectivity index (χ4v) is 8.96. The minimum Gasteiger partial charge on any atom is -0.472 e. The molecule has 58 heavy (non-hydrogen) atoms. The molecule has 4 amide bonds. The number of nitrogens with zero attached hydrogens (tertiary/aromatic N) is 6. The zero-order valence-electron chi connectivity index (χ0n) is 32.8. The topological polar surface area (TPSA) is 229 Å². The van der Waals surface area contributed by atoms with Gasteiger partial charge < -0.3 is 30.3 Å². The van der Waals surface area contributed by atoms with Crippen LogP contribution in [0, 0.1) is 17.2 Å². The molecular formula is C38H49FN10O8S. The first-order valence-corrected chi connectivity index (χ1v) is 21.2. The highest BCUT2D eigenvalue weighted by Gasteiger charge is 2.62. The van der Waals surface area contributed by atoms with Crippen molar-refractivity contribution < 1.29 is 41.5 Å². The van der Waals surface area contributed by atoms with E-state index in [0.29, 0.717) is 24.9 Å². The SMILES string of the molecule is CC[C@@H]1C[C@]1(NC(=O)[C@@H]1C[C@@H](Oc2cc(-n3cncn3)nc(Nc3ccc(F)cc3)n2)CN1C(=O)[C@@H](NC(=O)OC1CCCC1)C(C)(C)C)C(=O)NS(=O)(=O)C1CC1. The van der Waals surface area contributed by atoms with Crippen molar-refractivity contribution in [3.63, 3.8) is 0 Å². The Balaban J connectivity index is 1.17. The summed E-state index contributed by atoms with van der Waals surface area (Å²) in [5, 5.41) is 12.1. The van der Waals surface area contributed by atoms with Gasteiger partial charge in [0, 0.05) is 18.2 Å². The molecule has 7 rings (SSSR count). The molecule has 1 aliphatic heterocycles. The quantitative estimate of drug-likeness (QED) is 0.183. The normalized spacial score (nSPS) is 23.8. The largest absolute Gasteiger partial charge is 0.472 e. The van der Waals surface area contributed by atoms with Crippen LogP contribution in [0.15, 0.2) is 43.0 Å². The zero-order valence-corrected chi connectivity index (χ0v) is 33.6. The molecule has 1 aromatic carbocycles. The van der Waals surface area contributed by atoms with Crippen LogP contribution in [-0.4, -0.2) is 103 Å². The molecule has 20 heteroatoms. The van der Waals surface area contributed by atoms with E-state index >= 15 is 0 Å². The molecule has 3 aliphatic carbocycles. The Hall–Kier alpha value is -5.40. The average molecular weight is 825 g/mol. The predicted molar refractivity (Wildman–Crippen MR) is 206 cm³/mol. The first-order chi connectivity index (χ1) is 27.5. The van der Waals surface area contributed by atoms with Gasteiger partial charge in [-0.3, -0.25) is 19.1 Å². The summed E-state index contributed by atoms with van der Waals surface area (Å²) < 4.78 is 54.8. The van der Waals surface area contributed by atoms with E-state index in [-0.39, 0.29) is 49.1 Å². The number of ether oxygens (including phenoxy) is 2. The summed E-state index contributed by atoms with van der Waals surface area (Å²) in [7, 11) is -3.91. The summed E-state index contributed by atoms with van der Waals surface area (Å²) in [5.41, 5.74) is -1.85. The number of hydrogen-bond donors (Lipinski definition) is 4. The zero-order chi connectivity index (χ0) is 41.4. The van der Waals surface area contributed by atoms with E-state index in [1.807, 2.05) is 6.92 Å². The molecule has 3 aromatic rings. The van der Waals surface area contributed by atoms with E-state index in [4.69, 9.17) is 9.47 Å². The lowest BCUT2D eigenvalue weighted by Crippen LogP contribution is -2.60. The lowest BCUT2D eigenvalue weighted by molar-refractivity contribution is -0.143. The van der Waals surface area contributed by atoms with Gasteiger partial charge in [0.1, 0.15) is 48.3 Å². The van der Waals surface area contributed by atoms with Crippen LogP contribution < -0.4 is 25.4 Å². The van der Waals surface area contributed by atoms with Gasteiger partial charge in [0.25, 0.3) is 5.91 Å². The van der Waals surface area contributed by atoms with Gasteiger partial charge in [-0.05, 0) is 80.5 Å². The van der Waals surface area contributed by atoms with Crippen molar-refractivity contribution in [1.29, 1.82) is 0 Å². The van der Waals surface area contributed by atoms with Crippen LogP contribution in [0.2, 0.25) is 0 Å². The molecule has 4 N–H and O–H groups in total. The van der Waals surface area contributed by atoms with Crippen LogP contribution >= 0.6 is 0 Å². The maximum atomic E-state index is 14.7. The third-order valence-corrected chi connectivity index (χ3v) is 12.9. The van der Waals surface area contributed by atoms with Crippen molar-refractivity contribution in [3.8, 4) is 11.7 Å². The highest BCUT2D eigenvalue weighted by molar-refractivity contribution is 7.91. The molecule has 0 bridgehead atoms. The van der Waals surface area contributed by atoms with Gasteiger partial charge >= 0.3 is 6.09 Å². The number of benzene rings is 1. The summed E-state index contributed by atoms with van der Waals surface area (Å²) in [4.78, 5) is 70.1. The molecule has 5 atom stereocenters. The molecule has 1 saturated heterocycles. The number of carbonyl (C=O) groups excluding carboxylic acids is 4. The second-order valence-corrected chi connectivity index (χ2v) is 18.5. The number of sulfonamides is 1. The fraction of sp³-hybridized carbons (Fsp3) is 0.579. The standard InChI is InChI=1S/C38H49FN10O8S/c1-5-22-18-38(22,34(52)47-58(54,55)27-14-15-27)46-32(50)28-16-26(19-48(28)33(51)31(37(2,3)4)45-36(53)57-25-8-6-7-9-25)56-30-17-29(49-21-40-20-41-49)43-35(44-30)42-24-12-10-23(39)11-13-24/h10-13,17,20-22,25-28,31H,5-9,14-16,18-19H2,1-4H3,(H,45,53)(H,46,50)(H,47,52)(H,42,43,44)/t22-,26-,28+,31-,38-/m1/s1. The number of alkyl carbamates (subject to hydrolysis) is 1. The summed E-state index contributed by atoms with van der Waals surface area (Å²) in [6, 6.07) is 4.72. The molecule has 4 aliphatic rings. The first-order valence-electron chi connectivity index (χ1n) is 19.6. The maximum absolute atomic E-state index is 14.7. The number of aromatic nitrogens is 5. The third-order valence-electron chi connectivity index (χ3n) is 11.1. The van der Waals surface area contributed by atoms with E-state index in [1.54, 1.807) is 20.8 Å². The molecule has 0 radical (unpaired) electrons. The molecule has 312 valence electrons. The van der Waals surface area contributed by atoms with E-state index in [9.17, 15) is 32.0 Å². The van der Waals surface area contributed by atoms with Gasteiger partial charge in [0.2, 0.25) is 33.7 Å². The lowest BCUT2D eigenvalue weighted by Gasteiger charge is -2.35. The van der Waals surface area contributed by atoms with Crippen LogP contribution in [0.1, 0.15) is 85.5 Å². The second kappa shape index (κ2) is 16.1. The Morgan fingerprint density at radius 1 is 1.03 bits per heavy atom. The van der Waals surface area contributed by atoms with Crippen molar-refractivity contribution in [2.45, 2.75) is 121 Å². The van der Waals surface area contributed by atoms with E-state index in [2.05, 4.69) is 40.7 Å². The molecule has 0 unspecified atom stereocenters. The van der Waals surface area contributed by atoms with Crippen molar-refractivity contribution in [2.75, 3.05) is 11.9 Å². The Labute approximate surface area is 335 Å². The van der Waals surface area contributed by atoms with E-state index in [0.717, 1.165) is 25.7 Å². The molecule has 3 heterocycles. The number of amides is 4. The number of anilines is 2. The molecule has 2 aromatic heterocycles. The lowest BCUT2D eigenvalue weighted by atomic mass is 9.85. The maximum Gasteiger partial charge on any atom is 0.408 e. The summed E-state index contributed by atoms with van der Waals surface area (Å²) in [6.07, 6.45) is 5.79. The minimum atomic E-state index is -3.91. The van der Waals surface area contributed by atoms with E-state index < -0.39 is 74.0 Å². The number of likely N-dealkylation sites (tertiary alicyclic amines) is 1. The van der Waals surface area contributed by atoms with Gasteiger partial charge in [0.15, 0.2) is 5.82 Å². The number of rotatable bonds is 14. The predicted octanol–water partition coefficient (Wildman–Crippen LogP) is 3.27. The Morgan fingerprint density at radius 2 is 1.76 bits per heavy atom. The van der Waals surface area contributed by atoms with Gasteiger partial charge in [-0.1, -0.05) is 34.1 Å². The van der Waals surface area contributed by atoms with Crippen molar-refractivity contribution in [2.24, 2.45) is 11.3 Å². The van der Waals surface area contributed by atoms with Gasteiger partial charge in [-0.15, -0.1) is 0 Å². The van der Waals surface area contributed by atoms with Crippen molar-refractivity contribution >= 4 is 45.5 Å². The number of hydrogen-bond acceptors (Lipinski definition) is 13. The summed E-state index contributed by atoms with van der Waals surface area (Å²) >= 11 is 0. The van der Waals surface area contributed by atoms with Gasteiger partial charge in [-0.2, -0.15) is 15.1 Å². The Morgan fingerprint density at radius 3 is 2.38 bits per heavy atom. The first kappa shape index (κ1) is 40.8. The van der Waals surface area contributed by atoms with Crippen LogP contribution in [-0.2, 0) is 29.1 Å². The highest BCUT2D eigenvalue weighted by Crippen LogP contribution is 2.47. The molecule has 0 spiro atoms. The van der Waals surface area contributed by atoms with Gasteiger partial charge in [-0.25, -0.2) is 27.3 Å². The second-order valence-electron chi connectivity index (χ2n) is 16.5. The molecule has 3 saturated carbocycles. The third kappa shape index (κ3) is 9.16. The average Bonchev–Trinajstić information content (AvgIpc) is 3.92. The van der Waals surface area contributed by atoms with Gasteiger partial charge in [0.05, 0.1) is 11.8 Å². The van der Waals surface area contributed by atoms with Crippen LogP contribution in [0.5, 0.6) is 5.88 Å². The summed E-state index contributed by atoms with van der Waals surface area (Å²) in [5.74, 6) is -2.45. The fourth-order valence-electron chi connectivity index (χ4n) is 7.60.